The van der Waals surface area contributed by atoms with Crippen LogP contribution in [-0.4, -0.2) is 54.7 Å². The Balaban J connectivity index is 1.44. The summed E-state index contributed by atoms with van der Waals surface area (Å²) in [7, 11) is -3.62. The lowest BCUT2D eigenvalue weighted by Gasteiger charge is -2.29. The molecule has 2 aliphatic heterocycles. The molecule has 1 aromatic carbocycles. The van der Waals surface area contributed by atoms with E-state index in [4.69, 9.17) is 11.6 Å². The van der Waals surface area contributed by atoms with Crippen LogP contribution in [0.2, 0.25) is 5.02 Å². The number of hydrogen-bond donors (Lipinski definition) is 1. The number of carbonyl (C=O) groups is 1. The maximum atomic E-state index is 12.8. The first-order valence-electron chi connectivity index (χ1n) is 10.6. The van der Waals surface area contributed by atoms with Gasteiger partial charge in [0.25, 0.3) is 5.91 Å². The number of halogens is 1. The minimum atomic E-state index is -3.62. The van der Waals surface area contributed by atoms with Crippen LogP contribution in [-0.2, 0) is 16.6 Å². The van der Waals surface area contributed by atoms with Crippen LogP contribution < -0.4 is 5.32 Å². The molecular weight excluding hydrogens is 456 g/mol. The van der Waals surface area contributed by atoms with E-state index in [-0.39, 0.29) is 15.5 Å². The second-order valence-corrected chi connectivity index (χ2v) is 11.5. The lowest BCUT2D eigenvalue weighted by Crippen LogP contribution is -2.32. The Morgan fingerprint density at radius 3 is 2.65 bits per heavy atom. The zero-order valence-corrected chi connectivity index (χ0v) is 19.9. The number of hydrogen-bond acceptors (Lipinski definition) is 6. The maximum absolute atomic E-state index is 12.8. The van der Waals surface area contributed by atoms with E-state index in [1.807, 2.05) is 5.38 Å². The van der Waals surface area contributed by atoms with E-state index in [1.165, 1.54) is 46.7 Å². The van der Waals surface area contributed by atoms with Gasteiger partial charge in [-0.05, 0) is 62.9 Å². The van der Waals surface area contributed by atoms with E-state index in [9.17, 15) is 13.2 Å². The number of nitrogens with zero attached hydrogens (tertiary/aromatic N) is 3. The minimum absolute atomic E-state index is 0.0862. The molecule has 1 amide bonds. The molecule has 2 aliphatic rings. The van der Waals surface area contributed by atoms with Crippen molar-refractivity contribution in [2.75, 3.05) is 31.5 Å². The van der Waals surface area contributed by atoms with E-state index in [0.29, 0.717) is 18.2 Å². The molecular formula is C21H27ClN4O3S2. The molecule has 7 nitrogen and oxygen atoms in total. The van der Waals surface area contributed by atoms with Crippen LogP contribution in [0.4, 0.5) is 5.13 Å². The third-order valence-electron chi connectivity index (χ3n) is 5.92. The summed E-state index contributed by atoms with van der Waals surface area (Å²) in [5, 5.41) is 5.40. The van der Waals surface area contributed by atoms with Crippen LogP contribution in [0.25, 0.3) is 0 Å². The molecule has 31 heavy (non-hydrogen) atoms. The van der Waals surface area contributed by atoms with Gasteiger partial charge in [-0.15, -0.1) is 11.3 Å². The third kappa shape index (κ3) is 5.28. The van der Waals surface area contributed by atoms with Gasteiger partial charge in [-0.25, -0.2) is 13.4 Å². The topological polar surface area (TPSA) is 82.6 Å². The predicted molar refractivity (Wildman–Crippen MR) is 123 cm³/mol. The fourth-order valence-electron chi connectivity index (χ4n) is 3.97. The predicted octanol–water partition coefficient (Wildman–Crippen LogP) is 4.07. The SMILES string of the molecule is CC1CCN(Cc2csc(NC(=O)c3cc(S(=O)(=O)N4CCCC4)ccc3Cl)n2)CC1. The van der Waals surface area contributed by atoms with Crippen LogP contribution in [0.15, 0.2) is 28.5 Å². The minimum Gasteiger partial charge on any atom is -0.298 e. The average molecular weight is 483 g/mol. The highest BCUT2D eigenvalue weighted by Crippen LogP contribution is 2.27. The molecule has 4 rings (SSSR count). The van der Waals surface area contributed by atoms with Crippen LogP contribution >= 0.6 is 22.9 Å². The van der Waals surface area contributed by atoms with E-state index < -0.39 is 15.9 Å². The van der Waals surface area contributed by atoms with Crippen molar-refractivity contribution in [2.45, 2.75) is 44.0 Å². The van der Waals surface area contributed by atoms with Gasteiger partial charge in [0.15, 0.2) is 5.13 Å². The molecule has 2 saturated heterocycles. The number of likely N-dealkylation sites (tertiary alicyclic amines) is 1. The van der Waals surface area contributed by atoms with E-state index in [2.05, 4.69) is 22.1 Å². The number of nitrogens with one attached hydrogen (secondary N) is 1. The number of carbonyl (C=O) groups excluding carboxylic acids is 1. The summed E-state index contributed by atoms with van der Waals surface area (Å²) < 4.78 is 27.1. The zero-order valence-electron chi connectivity index (χ0n) is 17.5. The van der Waals surface area contributed by atoms with Gasteiger partial charge in [0.2, 0.25) is 10.0 Å². The summed E-state index contributed by atoms with van der Waals surface area (Å²) in [6.45, 7) is 6.19. The average Bonchev–Trinajstić information content (AvgIpc) is 3.43. The Hall–Kier alpha value is -1.52. The molecule has 0 atom stereocenters. The van der Waals surface area contributed by atoms with Crippen LogP contribution in [0, 0.1) is 5.92 Å². The first-order chi connectivity index (χ1) is 14.8. The maximum Gasteiger partial charge on any atom is 0.259 e. The van der Waals surface area contributed by atoms with Crippen LogP contribution in [0.5, 0.6) is 0 Å². The van der Waals surface area contributed by atoms with Crippen molar-refractivity contribution in [1.29, 1.82) is 0 Å². The molecule has 0 unspecified atom stereocenters. The van der Waals surface area contributed by atoms with Gasteiger partial charge < -0.3 is 0 Å². The molecule has 1 N–H and O–H groups in total. The molecule has 2 aromatic rings. The molecule has 0 aliphatic carbocycles. The van der Waals surface area contributed by atoms with E-state index >= 15 is 0 Å². The lowest BCUT2D eigenvalue weighted by molar-refractivity contribution is 0.102. The zero-order chi connectivity index (χ0) is 22.0. The number of amides is 1. The number of sulfonamides is 1. The van der Waals surface area contributed by atoms with Gasteiger partial charge >= 0.3 is 0 Å². The highest BCUT2D eigenvalue weighted by molar-refractivity contribution is 7.89. The van der Waals surface area contributed by atoms with Gasteiger partial charge in [0.05, 0.1) is 21.2 Å². The van der Waals surface area contributed by atoms with Crippen molar-refractivity contribution >= 4 is 44.0 Å². The van der Waals surface area contributed by atoms with Crippen LogP contribution in [0.1, 0.15) is 48.7 Å². The van der Waals surface area contributed by atoms with Crippen molar-refractivity contribution < 1.29 is 13.2 Å². The molecule has 0 bridgehead atoms. The summed E-state index contributed by atoms with van der Waals surface area (Å²) in [6.07, 6.45) is 4.10. The Morgan fingerprint density at radius 1 is 1.23 bits per heavy atom. The second kappa shape index (κ2) is 9.54. The van der Waals surface area contributed by atoms with E-state index in [0.717, 1.165) is 44.1 Å². The Bertz CT molecular complexity index is 1040. The number of piperidine rings is 1. The highest BCUT2D eigenvalue weighted by Gasteiger charge is 2.28. The smallest absolute Gasteiger partial charge is 0.259 e. The largest absolute Gasteiger partial charge is 0.298 e. The summed E-state index contributed by atoms with van der Waals surface area (Å²) in [6, 6.07) is 4.27. The summed E-state index contributed by atoms with van der Waals surface area (Å²) in [5.41, 5.74) is 1.05. The highest BCUT2D eigenvalue weighted by atomic mass is 35.5. The van der Waals surface area contributed by atoms with Crippen molar-refractivity contribution in [2.24, 2.45) is 5.92 Å². The summed E-state index contributed by atoms with van der Waals surface area (Å²) in [4.78, 5) is 19.8. The Kier molecular flexibility index (Phi) is 6.98. The second-order valence-electron chi connectivity index (χ2n) is 8.31. The summed E-state index contributed by atoms with van der Waals surface area (Å²) in [5.74, 6) is 0.312. The van der Waals surface area contributed by atoms with Gasteiger partial charge in [-0.2, -0.15) is 4.31 Å². The van der Waals surface area contributed by atoms with Crippen molar-refractivity contribution in [3.8, 4) is 0 Å². The lowest BCUT2D eigenvalue weighted by atomic mass is 9.99. The van der Waals surface area contributed by atoms with Gasteiger partial charge in [0.1, 0.15) is 0 Å². The normalized spacial score (nSPS) is 19.0. The molecule has 168 valence electrons. The number of rotatable bonds is 6. The standard InChI is InChI=1S/C21H27ClN4O3S2/c1-15-6-10-25(11-7-15)13-16-14-30-21(23-16)24-20(27)18-12-17(4-5-19(18)22)31(28,29)26-8-2-3-9-26/h4-5,12,14-15H,2-3,6-11,13H2,1H3,(H,23,24,27). The fraction of sp³-hybridized carbons (Fsp3) is 0.524. The molecule has 0 saturated carbocycles. The number of anilines is 1. The monoisotopic (exact) mass is 482 g/mol. The quantitative estimate of drug-likeness (QED) is 0.671. The Morgan fingerprint density at radius 2 is 1.94 bits per heavy atom. The first kappa shape index (κ1) is 22.7. The van der Waals surface area contributed by atoms with Crippen molar-refractivity contribution in [3.63, 3.8) is 0 Å². The third-order valence-corrected chi connectivity index (χ3v) is 8.95. The molecule has 0 spiro atoms. The first-order valence-corrected chi connectivity index (χ1v) is 13.3. The van der Waals surface area contributed by atoms with Gasteiger partial charge in [0, 0.05) is 25.0 Å². The molecule has 10 heteroatoms. The van der Waals surface area contributed by atoms with E-state index in [1.54, 1.807) is 0 Å². The van der Waals surface area contributed by atoms with Crippen molar-refractivity contribution in [3.05, 3.63) is 39.9 Å². The van der Waals surface area contributed by atoms with Crippen molar-refractivity contribution in [1.82, 2.24) is 14.2 Å². The number of benzene rings is 1. The van der Waals surface area contributed by atoms with Crippen LogP contribution in [0.3, 0.4) is 0 Å². The summed E-state index contributed by atoms with van der Waals surface area (Å²) >= 11 is 7.58. The molecule has 3 heterocycles. The number of aromatic nitrogens is 1. The number of thiazole rings is 1. The molecule has 2 fully saturated rings. The molecule has 1 aromatic heterocycles. The van der Waals surface area contributed by atoms with Gasteiger partial charge in [-0.3, -0.25) is 15.0 Å². The fourth-order valence-corrected chi connectivity index (χ4v) is 6.41. The Labute approximate surface area is 192 Å². The van der Waals surface area contributed by atoms with Gasteiger partial charge in [-0.1, -0.05) is 18.5 Å². The molecule has 0 radical (unpaired) electrons.